The number of nitrogens with zero attached hydrogens (tertiary/aromatic N) is 3. The molecule has 0 saturated heterocycles. The van der Waals surface area contributed by atoms with Gasteiger partial charge in [0.2, 0.25) is 0 Å². The summed E-state index contributed by atoms with van der Waals surface area (Å²) < 4.78 is 31.0. The van der Waals surface area contributed by atoms with Gasteiger partial charge in [-0.1, -0.05) is 66.7 Å². The van der Waals surface area contributed by atoms with Crippen LogP contribution in [0.25, 0.3) is 16.9 Å². The van der Waals surface area contributed by atoms with Gasteiger partial charge in [0.25, 0.3) is 0 Å². The van der Waals surface area contributed by atoms with E-state index >= 15 is 0 Å². The molecule has 0 fully saturated rings. The molecule has 5 nitrogen and oxygen atoms in total. The molecular weight excluding hydrogens is 448 g/mol. The molecule has 174 valence electrons. The SMILES string of the molecule is O=C(O)Cc1c(Cc2ccccc2)nc2c(Cc3ccccc3)nc(-c3c(F)cccc3F)cn12. The average molecular weight is 469 g/mol. The van der Waals surface area contributed by atoms with Crippen LogP contribution >= 0.6 is 0 Å². The van der Waals surface area contributed by atoms with Crippen molar-refractivity contribution in [2.75, 3.05) is 0 Å². The van der Waals surface area contributed by atoms with Crippen LogP contribution in [0, 0.1) is 11.6 Å². The molecule has 0 radical (unpaired) electrons. The van der Waals surface area contributed by atoms with Gasteiger partial charge in [0.1, 0.15) is 11.6 Å². The van der Waals surface area contributed by atoms with Gasteiger partial charge in [-0.3, -0.25) is 9.20 Å². The number of carboxylic acid groups (broad SMARTS) is 1. The van der Waals surface area contributed by atoms with Crippen molar-refractivity contribution in [2.45, 2.75) is 19.3 Å². The Balaban J connectivity index is 1.76. The highest BCUT2D eigenvalue weighted by molar-refractivity contribution is 5.71. The molecule has 0 saturated carbocycles. The van der Waals surface area contributed by atoms with Crippen LogP contribution in [0.5, 0.6) is 0 Å². The van der Waals surface area contributed by atoms with E-state index in [9.17, 15) is 18.7 Å². The molecule has 0 aliphatic carbocycles. The van der Waals surface area contributed by atoms with E-state index in [1.807, 2.05) is 60.7 Å². The second kappa shape index (κ2) is 9.46. The summed E-state index contributed by atoms with van der Waals surface area (Å²) in [5, 5.41) is 9.64. The Morgan fingerprint density at radius 2 is 1.34 bits per heavy atom. The molecule has 3 aromatic carbocycles. The van der Waals surface area contributed by atoms with E-state index in [0.29, 0.717) is 35.6 Å². The van der Waals surface area contributed by atoms with Crippen molar-refractivity contribution in [1.29, 1.82) is 0 Å². The van der Waals surface area contributed by atoms with Gasteiger partial charge in [0, 0.05) is 19.0 Å². The third-order valence-electron chi connectivity index (χ3n) is 5.82. The Hall–Kier alpha value is -4.39. The van der Waals surface area contributed by atoms with Crippen LogP contribution in [0.3, 0.4) is 0 Å². The molecule has 1 N–H and O–H groups in total. The fourth-order valence-corrected chi connectivity index (χ4v) is 4.23. The second-order valence-electron chi connectivity index (χ2n) is 8.26. The van der Waals surface area contributed by atoms with Crippen molar-refractivity contribution in [2.24, 2.45) is 0 Å². The third kappa shape index (κ3) is 4.66. The quantitative estimate of drug-likeness (QED) is 0.343. The van der Waals surface area contributed by atoms with Crippen LogP contribution in [0.4, 0.5) is 8.78 Å². The molecule has 0 unspecified atom stereocenters. The third-order valence-corrected chi connectivity index (χ3v) is 5.82. The Labute approximate surface area is 200 Å². The first kappa shape index (κ1) is 22.4. The zero-order valence-corrected chi connectivity index (χ0v) is 18.7. The van der Waals surface area contributed by atoms with Crippen molar-refractivity contribution in [3.63, 3.8) is 0 Å². The minimum Gasteiger partial charge on any atom is -0.481 e. The number of imidazole rings is 1. The van der Waals surface area contributed by atoms with Gasteiger partial charge in [-0.2, -0.15) is 0 Å². The number of carbonyl (C=O) groups is 1. The predicted octanol–water partition coefficient (Wildman–Crippen LogP) is 5.48. The molecule has 2 aromatic heterocycles. The molecule has 0 bridgehead atoms. The highest BCUT2D eigenvalue weighted by atomic mass is 19.1. The van der Waals surface area contributed by atoms with Gasteiger partial charge in [-0.05, 0) is 23.3 Å². The zero-order valence-electron chi connectivity index (χ0n) is 18.7. The first-order chi connectivity index (χ1) is 17.0. The maximum Gasteiger partial charge on any atom is 0.309 e. The van der Waals surface area contributed by atoms with Crippen LogP contribution in [0.15, 0.2) is 85.1 Å². The molecule has 35 heavy (non-hydrogen) atoms. The Kier molecular flexibility index (Phi) is 6.06. The molecule has 0 spiro atoms. The van der Waals surface area contributed by atoms with Crippen molar-refractivity contribution < 1.29 is 18.7 Å². The summed E-state index contributed by atoms with van der Waals surface area (Å²) >= 11 is 0. The Bertz CT molecular complexity index is 1500. The molecule has 2 heterocycles. The van der Waals surface area contributed by atoms with Gasteiger partial charge in [-0.25, -0.2) is 18.7 Å². The number of halogens is 2. The molecule has 0 amide bonds. The van der Waals surface area contributed by atoms with Gasteiger partial charge >= 0.3 is 5.97 Å². The Morgan fingerprint density at radius 3 is 1.91 bits per heavy atom. The van der Waals surface area contributed by atoms with E-state index in [0.717, 1.165) is 11.1 Å². The van der Waals surface area contributed by atoms with E-state index in [2.05, 4.69) is 4.98 Å². The van der Waals surface area contributed by atoms with Crippen LogP contribution in [0.2, 0.25) is 0 Å². The van der Waals surface area contributed by atoms with Crippen LogP contribution in [0.1, 0.15) is 28.2 Å². The first-order valence-corrected chi connectivity index (χ1v) is 11.1. The lowest BCUT2D eigenvalue weighted by Gasteiger charge is -2.11. The standard InChI is InChI=1S/C28H21F2N3O2/c29-20-12-7-13-21(30)27(20)24-17-33-25(16-26(34)35)22(14-18-8-3-1-4-9-18)32-28(33)23(31-24)15-19-10-5-2-6-11-19/h1-13,17H,14-16H2,(H,34,35). The Morgan fingerprint density at radius 1 is 0.771 bits per heavy atom. The normalized spacial score (nSPS) is 11.1. The lowest BCUT2D eigenvalue weighted by molar-refractivity contribution is -0.136. The number of hydrogen-bond acceptors (Lipinski definition) is 3. The van der Waals surface area contributed by atoms with Crippen LogP contribution in [-0.2, 0) is 24.1 Å². The number of benzene rings is 3. The topological polar surface area (TPSA) is 67.5 Å². The molecule has 0 atom stereocenters. The summed E-state index contributed by atoms with van der Waals surface area (Å²) in [4.78, 5) is 21.2. The molecule has 0 aliphatic heterocycles. The summed E-state index contributed by atoms with van der Waals surface area (Å²) in [6, 6.07) is 22.8. The molecule has 0 aliphatic rings. The minimum atomic E-state index is -1.03. The molecule has 7 heteroatoms. The van der Waals surface area contributed by atoms with Crippen LogP contribution in [-0.4, -0.2) is 25.4 Å². The van der Waals surface area contributed by atoms with Gasteiger partial charge < -0.3 is 5.11 Å². The fraction of sp³-hybridized carbons (Fsp3) is 0.107. The first-order valence-electron chi connectivity index (χ1n) is 11.1. The minimum absolute atomic E-state index is 0.0781. The number of fused-ring (bicyclic) bond motifs is 1. The lowest BCUT2D eigenvalue weighted by atomic mass is 10.1. The van der Waals surface area contributed by atoms with Gasteiger partial charge in [0.15, 0.2) is 5.65 Å². The van der Waals surface area contributed by atoms with Crippen molar-refractivity contribution in [1.82, 2.24) is 14.4 Å². The molecular formula is C28H21F2N3O2. The highest BCUT2D eigenvalue weighted by Gasteiger charge is 2.22. The zero-order chi connectivity index (χ0) is 24.4. The number of aliphatic carboxylic acids is 1. The van der Waals surface area contributed by atoms with E-state index in [1.54, 1.807) is 4.40 Å². The maximum absolute atomic E-state index is 14.7. The largest absolute Gasteiger partial charge is 0.481 e. The summed E-state index contributed by atoms with van der Waals surface area (Å²) in [5.41, 5.74) is 3.74. The van der Waals surface area contributed by atoms with Gasteiger partial charge in [-0.15, -0.1) is 0 Å². The van der Waals surface area contributed by atoms with E-state index in [4.69, 9.17) is 4.98 Å². The predicted molar refractivity (Wildman–Crippen MR) is 128 cm³/mol. The number of hydrogen-bond donors (Lipinski definition) is 1. The molecule has 5 rings (SSSR count). The summed E-state index contributed by atoms with van der Waals surface area (Å²) in [6.07, 6.45) is 1.96. The van der Waals surface area contributed by atoms with E-state index in [-0.39, 0.29) is 17.7 Å². The molecule has 5 aromatic rings. The van der Waals surface area contributed by atoms with Crippen molar-refractivity contribution in [3.8, 4) is 11.3 Å². The number of aromatic nitrogens is 3. The van der Waals surface area contributed by atoms with E-state index < -0.39 is 17.6 Å². The van der Waals surface area contributed by atoms with Crippen LogP contribution < -0.4 is 0 Å². The number of carboxylic acids is 1. The smallest absolute Gasteiger partial charge is 0.309 e. The number of rotatable bonds is 7. The monoisotopic (exact) mass is 469 g/mol. The maximum atomic E-state index is 14.7. The van der Waals surface area contributed by atoms with E-state index in [1.165, 1.54) is 24.4 Å². The second-order valence-corrected chi connectivity index (χ2v) is 8.26. The van der Waals surface area contributed by atoms with Crippen molar-refractivity contribution in [3.05, 3.63) is 125 Å². The summed E-state index contributed by atoms with van der Waals surface area (Å²) in [6.45, 7) is 0. The van der Waals surface area contributed by atoms with Crippen molar-refractivity contribution >= 4 is 11.6 Å². The lowest BCUT2D eigenvalue weighted by Crippen LogP contribution is -2.08. The van der Waals surface area contributed by atoms with Gasteiger partial charge in [0.05, 0.1) is 34.8 Å². The highest BCUT2D eigenvalue weighted by Crippen LogP contribution is 2.28. The fourth-order valence-electron chi connectivity index (χ4n) is 4.23. The summed E-state index contributed by atoms with van der Waals surface area (Å²) in [5.74, 6) is -2.51. The average Bonchev–Trinajstić information content (AvgIpc) is 3.17. The summed E-state index contributed by atoms with van der Waals surface area (Å²) in [7, 11) is 0.